The van der Waals surface area contributed by atoms with Crippen LogP contribution in [-0.4, -0.2) is 29.0 Å². The van der Waals surface area contributed by atoms with Crippen molar-refractivity contribution in [1.82, 2.24) is 10.2 Å². The lowest BCUT2D eigenvalue weighted by atomic mass is 9.95. The third-order valence-corrected chi connectivity index (χ3v) is 2.29. The number of nitrogens with one attached hydrogen (secondary N) is 1. The molecule has 6 heteroatoms. The Morgan fingerprint density at radius 2 is 2.36 bits per heavy atom. The predicted octanol–water partition coefficient (Wildman–Crippen LogP) is 0.633. The van der Waals surface area contributed by atoms with Crippen molar-refractivity contribution in [2.45, 2.75) is 25.3 Å². The van der Waals surface area contributed by atoms with E-state index in [1.54, 1.807) is 0 Å². The van der Waals surface area contributed by atoms with Crippen LogP contribution in [0.5, 0.6) is 0 Å². The van der Waals surface area contributed by atoms with Gasteiger partial charge in [0.1, 0.15) is 0 Å². The quantitative estimate of drug-likeness (QED) is 0.725. The Morgan fingerprint density at radius 3 is 2.93 bits per heavy atom. The molecule has 0 saturated carbocycles. The first-order chi connectivity index (χ1) is 6.68. The summed E-state index contributed by atoms with van der Waals surface area (Å²) in [5.41, 5.74) is 5.19. The third-order valence-electron chi connectivity index (χ3n) is 2.29. The summed E-state index contributed by atoms with van der Waals surface area (Å²) in [7, 11) is 0. The summed E-state index contributed by atoms with van der Waals surface area (Å²) in [6.45, 7) is 3.53. The zero-order chi connectivity index (χ0) is 10.0. The molecule has 1 fully saturated rings. The van der Waals surface area contributed by atoms with Gasteiger partial charge in [-0.1, -0.05) is 10.2 Å². The van der Waals surface area contributed by atoms with Crippen molar-refractivity contribution in [2.75, 3.05) is 24.3 Å². The van der Waals surface area contributed by atoms with Crippen molar-refractivity contribution < 1.29 is 9.15 Å². The minimum Gasteiger partial charge on any atom is -0.390 e. The Bertz CT molecular complexity index is 306. The zero-order valence-electron chi connectivity index (χ0n) is 8.12. The van der Waals surface area contributed by atoms with Crippen LogP contribution in [-0.2, 0) is 4.74 Å². The van der Waals surface area contributed by atoms with Gasteiger partial charge in [-0.25, -0.2) is 0 Å². The maximum Gasteiger partial charge on any atom is 0.317 e. The molecule has 3 N–H and O–H groups in total. The van der Waals surface area contributed by atoms with Crippen molar-refractivity contribution in [3.8, 4) is 0 Å². The fourth-order valence-corrected chi connectivity index (χ4v) is 1.58. The molecule has 78 valence electrons. The molecule has 0 amide bonds. The average molecular weight is 198 g/mol. The largest absolute Gasteiger partial charge is 0.390 e. The number of anilines is 2. The number of nitrogens with zero attached hydrogens (tertiary/aromatic N) is 2. The molecule has 0 radical (unpaired) electrons. The zero-order valence-corrected chi connectivity index (χ0v) is 8.12. The van der Waals surface area contributed by atoms with E-state index in [0.29, 0.717) is 12.6 Å². The highest BCUT2D eigenvalue weighted by Gasteiger charge is 2.29. The third kappa shape index (κ3) is 1.95. The highest BCUT2D eigenvalue weighted by Crippen LogP contribution is 2.23. The van der Waals surface area contributed by atoms with E-state index in [-0.39, 0.29) is 11.6 Å². The summed E-state index contributed by atoms with van der Waals surface area (Å²) in [5.74, 6) is 0. The molecule has 2 heterocycles. The summed E-state index contributed by atoms with van der Waals surface area (Å²) in [6, 6.07) is 0.434. The molecular formula is C8H14N4O2. The van der Waals surface area contributed by atoms with E-state index in [1.807, 2.05) is 0 Å². The van der Waals surface area contributed by atoms with Crippen LogP contribution in [0.15, 0.2) is 4.42 Å². The number of nitrogen functional groups attached to an aromatic ring is 1. The highest BCUT2D eigenvalue weighted by molar-refractivity contribution is 5.27. The molecule has 1 saturated heterocycles. The van der Waals surface area contributed by atoms with Gasteiger partial charge >= 0.3 is 12.0 Å². The maximum atomic E-state index is 5.38. The van der Waals surface area contributed by atoms with Gasteiger partial charge in [-0.15, -0.1) is 0 Å². The van der Waals surface area contributed by atoms with Crippen molar-refractivity contribution >= 4 is 12.0 Å². The second kappa shape index (κ2) is 3.45. The Labute approximate surface area is 81.8 Å². The second-order valence-electron chi connectivity index (χ2n) is 3.79. The van der Waals surface area contributed by atoms with Crippen molar-refractivity contribution in [2.24, 2.45) is 0 Å². The number of ether oxygens (including phenoxy) is 1. The maximum absolute atomic E-state index is 5.38. The first kappa shape index (κ1) is 9.26. The molecule has 1 atom stereocenters. The molecule has 0 aliphatic carbocycles. The minimum absolute atomic E-state index is 0.0767. The van der Waals surface area contributed by atoms with E-state index >= 15 is 0 Å². The first-order valence-electron chi connectivity index (χ1n) is 4.63. The number of hydrogen-bond acceptors (Lipinski definition) is 6. The van der Waals surface area contributed by atoms with E-state index in [1.165, 1.54) is 0 Å². The lowest BCUT2D eigenvalue weighted by Gasteiger charge is -2.33. The van der Waals surface area contributed by atoms with E-state index in [4.69, 9.17) is 14.9 Å². The van der Waals surface area contributed by atoms with E-state index in [0.717, 1.165) is 19.4 Å². The summed E-state index contributed by atoms with van der Waals surface area (Å²) in [4.78, 5) is 0. The van der Waals surface area contributed by atoms with Crippen molar-refractivity contribution in [1.29, 1.82) is 0 Å². The molecule has 6 nitrogen and oxygen atoms in total. The number of hydrogen-bond donors (Lipinski definition) is 2. The molecule has 1 aliphatic heterocycles. The van der Waals surface area contributed by atoms with Gasteiger partial charge in [-0.05, 0) is 19.8 Å². The monoisotopic (exact) mass is 198 g/mol. The standard InChI is InChI=1S/C8H14N4O2/c1-8(3-2-4-13-5-8)10-7-12-11-6(9)14-7/h2-5H2,1H3,(H2,9,11)(H,10,12). The second-order valence-corrected chi connectivity index (χ2v) is 3.79. The first-order valence-corrected chi connectivity index (χ1v) is 4.63. The van der Waals surface area contributed by atoms with Gasteiger partial charge in [-0.3, -0.25) is 0 Å². The van der Waals surface area contributed by atoms with Gasteiger partial charge in [0.15, 0.2) is 0 Å². The van der Waals surface area contributed by atoms with Gasteiger partial charge in [0, 0.05) is 6.61 Å². The summed E-state index contributed by atoms with van der Waals surface area (Å²) >= 11 is 0. The molecule has 1 aromatic heterocycles. The fourth-order valence-electron chi connectivity index (χ4n) is 1.58. The van der Waals surface area contributed by atoms with Crippen LogP contribution in [0.4, 0.5) is 12.0 Å². The van der Waals surface area contributed by atoms with E-state index in [9.17, 15) is 0 Å². The summed E-state index contributed by atoms with van der Waals surface area (Å²) in [6.07, 6.45) is 2.06. The van der Waals surface area contributed by atoms with Crippen LogP contribution in [0.25, 0.3) is 0 Å². The minimum atomic E-state index is -0.128. The average Bonchev–Trinajstić information content (AvgIpc) is 2.51. The molecular weight excluding hydrogens is 184 g/mol. The molecule has 1 aromatic rings. The Morgan fingerprint density at radius 1 is 1.50 bits per heavy atom. The lowest BCUT2D eigenvalue weighted by Crippen LogP contribution is -2.43. The molecule has 14 heavy (non-hydrogen) atoms. The van der Waals surface area contributed by atoms with Gasteiger partial charge in [-0.2, -0.15) is 0 Å². The van der Waals surface area contributed by atoms with Gasteiger partial charge in [0.2, 0.25) is 0 Å². The van der Waals surface area contributed by atoms with Crippen LogP contribution < -0.4 is 11.1 Å². The van der Waals surface area contributed by atoms with Gasteiger partial charge < -0.3 is 20.2 Å². The number of rotatable bonds is 2. The Hall–Kier alpha value is -1.30. The molecule has 2 rings (SSSR count). The Balaban J connectivity index is 2.01. The molecule has 1 unspecified atom stereocenters. The highest BCUT2D eigenvalue weighted by atomic mass is 16.5. The lowest BCUT2D eigenvalue weighted by molar-refractivity contribution is 0.0531. The van der Waals surface area contributed by atoms with Crippen LogP contribution >= 0.6 is 0 Å². The van der Waals surface area contributed by atoms with Crippen LogP contribution in [0.3, 0.4) is 0 Å². The molecule has 1 aliphatic rings. The van der Waals surface area contributed by atoms with Crippen LogP contribution in [0.2, 0.25) is 0 Å². The normalized spacial score (nSPS) is 27.5. The summed E-state index contributed by atoms with van der Waals surface area (Å²) in [5, 5.41) is 10.5. The molecule has 0 spiro atoms. The smallest absolute Gasteiger partial charge is 0.317 e. The van der Waals surface area contributed by atoms with Crippen molar-refractivity contribution in [3.63, 3.8) is 0 Å². The molecule has 0 bridgehead atoms. The van der Waals surface area contributed by atoms with Crippen LogP contribution in [0.1, 0.15) is 19.8 Å². The van der Waals surface area contributed by atoms with Crippen molar-refractivity contribution in [3.05, 3.63) is 0 Å². The SMILES string of the molecule is CC1(Nc2nnc(N)o2)CCCOC1. The fraction of sp³-hybridized carbons (Fsp3) is 0.750. The van der Waals surface area contributed by atoms with E-state index in [2.05, 4.69) is 22.4 Å². The van der Waals surface area contributed by atoms with Gasteiger partial charge in [0.25, 0.3) is 0 Å². The Kier molecular flexibility index (Phi) is 2.28. The van der Waals surface area contributed by atoms with Crippen LogP contribution in [0, 0.1) is 0 Å². The van der Waals surface area contributed by atoms with Gasteiger partial charge in [0.05, 0.1) is 12.1 Å². The summed E-state index contributed by atoms with van der Waals surface area (Å²) < 4.78 is 10.4. The predicted molar refractivity (Wildman–Crippen MR) is 50.8 cm³/mol. The number of nitrogens with two attached hydrogens (primary N) is 1. The van der Waals surface area contributed by atoms with E-state index < -0.39 is 0 Å². The number of aromatic nitrogens is 2. The molecule has 0 aromatic carbocycles. The topological polar surface area (TPSA) is 86.2 Å².